The summed E-state index contributed by atoms with van der Waals surface area (Å²) >= 11 is 0. The van der Waals surface area contributed by atoms with Gasteiger partial charge < -0.3 is 15.7 Å². The lowest BCUT2D eigenvalue weighted by Gasteiger charge is -2.36. The van der Waals surface area contributed by atoms with E-state index in [4.69, 9.17) is 10.8 Å². The molecule has 1 aliphatic heterocycles. The lowest BCUT2D eigenvalue weighted by molar-refractivity contribution is -0.142. The second-order valence-electron chi connectivity index (χ2n) is 5.23. The summed E-state index contributed by atoms with van der Waals surface area (Å²) in [6.07, 6.45) is 0.996. The van der Waals surface area contributed by atoms with Crippen molar-refractivity contribution in [1.82, 2.24) is 4.90 Å². The molecule has 1 aliphatic rings. The maximum absolute atomic E-state index is 12.3. The minimum Gasteiger partial charge on any atom is -0.481 e. The zero-order valence-corrected chi connectivity index (χ0v) is 12.4. The van der Waals surface area contributed by atoms with Gasteiger partial charge in [-0.15, -0.1) is 0 Å². The van der Waals surface area contributed by atoms with E-state index in [1.165, 1.54) is 4.90 Å². The first-order valence-electron chi connectivity index (χ1n) is 6.69. The number of hydrogen-bond donors (Lipinski definition) is 2. The van der Waals surface area contributed by atoms with Crippen molar-refractivity contribution in [3.05, 3.63) is 0 Å². The molecule has 116 valence electrons. The van der Waals surface area contributed by atoms with Crippen LogP contribution in [0.1, 0.15) is 26.2 Å². The maximum atomic E-state index is 12.3. The van der Waals surface area contributed by atoms with Crippen molar-refractivity contribution in [2.75, 3.05) is 24.6 Å². The molecular weight excluding hydrogens is 284 g/mol. The van der Waals surface area contributed by atoms with Crippen LogP contribution >= 0.6 is 0 Å². The summed E-state index contributed by atoms with van der Waals surface area (Å²) in [5, 5.41) is 8.87. The highest BCUT2D eigenvalue weighted by Crippen LogP contribution is 2.19. The molecule has 0 aromatic heterocycles. The summed E-state index contributed by atoms with van der Waals surface area (Å²) in [7, 11) is -3.26. The second kappa shape index (κ2) is 7.03. The number of carbonyl (C=O) groups is 2. The third-order valence-electron chi connectivity index (χ3n) is 3.49. The molecule has 7 nitrogen and oxygen atoms in total. The minimum atomic E-state index is -3.26. The van der Waals surface area contributed by atoms with Crippen LogP contribution in [0, 0.1) is 5.92 Å². The minimum absolute atomic E-state index is 0.0755. The third-order valence-corrected chi connectivity index (χ3v) is 5.18. The molecule has 2 unspecified atom stereocenters. The first-order chi connectivity index (χ1) is 9.26. The molecule has 0 aliphatic carbocycles. The first-order valence-corrected chi connectivity index (χ1v) is 8.51. The fourth-order valence-electron chi connectivity index (χ4n) is 2.38. The third kappa shape index (κ3) is 4.75. The molecule has 1 saturated heterocycles. The number of sulfone groups is 1. The molecule has 8 heteroatoms. The van der Waals surface area contributed by atoms with Gasteiger partial charge in [0.1, 0.15) is 0 Å². The fourth-order valence-corrected chi connectivity index (χ4v) is 3.90. The van der Waals surface area contributed by atoms with Crippen molar-refractivity contribution >= 4 is 21.7 Å². The van der Waals surface area contributed by atoms with Crippen LogP contribution < -0.4 is 5.73 Å². The van der Waals surface area contributed by atoms with Gasteiger partial charge in [-0.1, -0.05) is 6.92 Å². The molecule has 3 N–H and O–H groups in total. The summed E-state index contributed by atoms with van der Waals surface area (Å²) in [5.74, 6) is -1.91. The van der Waals surface area contributed by atoms with E-state index in [1.807, 2.05) is 0 Å². The molecule has 2 atom stereocenters. The number of carbonyl (C=O) groups excluding carboxylic acids is 1. The van der Waals surface area contributed by atoms with Crippen molar-refractivity contribution in [2.45, 2.75) is 32.2 Å². The number of nitrogens with zero attached hydrogens (tertiary/aromatic N) is 1. The van der Waals surface area contributed by atoms with Gasteiger partial charge in [0, 0.05) is 12.5 Å². The summed E-state index contributed by atoms with van der Waals surface area (Å²) in [4.78, 5) is 24.6. The van der Waals surface area contributed by atoms with Crippen molar-refractivity contribution in [3.8, 4) is 0 Å². The molecule has 0 aromatic carbocycles. The van der Waals surface area contributed by atoms with Gasteiger partial charge >= 0.3 is 5.97 Å². The zero-order valence-electron chi connectivity index (χ0n) is 11.6. The Morgan fingerprint density at radius 3 is 2.65 bits per heavy atom. The van der Waals surface area contributed by atoms with Gasteiger partial charge in [0.15, 0.2) is 9.84 Å². The summed E-state index contributed by atoms with van der Waals surface area (Å²) in [6.45, 7) is 2.33. The predicted octanol–water partition coefficient (Wildman–Crippen LogP) is -0.538. The van der Waals surface area contributed by atoms with Gasteiger partial charge in [-0.25, -0.2) is 8.42 Å². The summed E-state index contributed by atoms with van der Waals surface area (Å²) in [5.41, 5.74) is 5.40. The van der Waals surface area contributed by atoms with Crippen molar-refractivity contribution in [2.24, 2.45) is 11.7 Å². The van der Waals surface area contributed by atoms with Crippen LogP contribution in [0.25, 0.3) is 0 Å². The fraction of sp³-hybridized carbons (Fsp3) is 0.833. The topological polar surface area (TPSA) is 118 Å². The average Bonchev–Trinajstić information content (AvgIpc) is 2.33. The number of hydrogen-bond acceptors (Lipinski definition) is 5. The largest absolute Gasteiger partial charge is 0.481 e. The first kappa shape index (κ1) is 16.9. The van der Waals surface area contributed by atoms with E-state index in [9.17, 15) is 18.0 Å². The maximum Gasteiger partial charge on any atom is 0.305 e. The van der Waals surface area contributed by atoms with Crippen LogP contribution in [0.15, 0.2) is 0 Å². The van der Waals surface area contributed by atoms with Gasteiger partial charge in [0.2, 0.25) is 5.91 Å². The van der Waals surface area contributed by atoms with E-state index in [2.05, 4.69) is 0 Å². The Hall–Kier alpha value is -1.15. The highest BCUT2D eigenvalue weighted by Gasteiger charge is 2.36. The van der Waals surface area contributed by atoms with Crippen LogP contribution in [-0.4, -0.2) is 60.9 Å². The molecule has 0 radical (unpaired) electrons. The molecule has 1 rings (SSSR count). The molecule has 1 heterocycles. The smallest absolute Gasteiger partial charge is 0.305 e. The van der Waals surface area contributed by atoms with Gasteiger partial charge in [0.25, 0.3) is 0 Å². The van der Waals surface area contributed by atoms with Crippen LogP contribution in [-0.2, 0) is 19.4 Å². The van der Waals surface area contributed by atoms with E-state index < -0.39 is 21.8 Å². The summed E-state index contributed by atoms with van der Waals surface area (Å²) < 4.78 is 23.2. The number of rotatable bonds is 6. The lowest BCUT2D eigenvalue weighted by Crippen LogP contribution is -2.53. The molecule has 0 bridgehead atoms. The second-order valence-corrected chi connectivity index (χ2v) is 7.46. The highest BCUT2D eigenvalue weighted by atomic mass is 32.2. The Morgan fingerprint density at radius 2 is 2.10 bits per heavy atom. The standard InChI is InChI=1S/C12H22N2O5S/c1-9(3-2-4-13)12(17)14-5-6-20(18,19)8-10(14)7-11(15)16/h9-10H,2-8,13H2,1H3,(H,15,16). The lowest BCUT2D eigenvalue weighted by atomic mass is 10.0. The molecule has 0 saturated carbocycles. The van der Waals surface area contributed by atoms with Crippen molar-refractivity contribution < 1.29 is 23.1 Å². The van der Waals surface area contributed by atoms with Crippen molar-refractivity contribution in [1.29, 1.82) is 0 Å². The van der Waals surface area contributed by atoms with Crippen LogP contribution in [0.4, 0.5) is 0 Å². The molecule has 1 fully saturated rings. The van der Waals surface area contributed by atoms with E-state index in [-0.39, 0.29) is 36.3 Å². The number of amides is 1. The quantitative estimate of drug-likeness (QED) is 0.680. The van der Waals surface area contributed by atoms with E-state index in [0.717, 1.165) is 0 Å². The highest BCUT2D eigenvalue weighted by molar-refractivity contribution is 7.91. The average molecular weight is 306 g/mol. The molecule has 20 heavy (non-hydrogen) atoms. The molecule has 0 aromatic rings. The Kier molecular flexibility index (Phi) is 5.94. The monoisotopic (exact) mass is 306 g/mol. The molecular formula is C12H22N2O5S. The van der Waals surface area contributed by atoms with E-state index in [1.54, 1.807) is 6.92 Å². The van der Waals surface area contributed by atoms with Gasteiger partial charge in [-0.05, 0) is 19.4 Å². The van der Waals surface area contributed by atoms with Gasteiger partial charge in [-0.2, -0.15) is 0 Å². The van der Waals surface area contributed by atoms with Gasteiger partial charge in [-0.3, -0.25) is 9.59 Å². The Morgan fingerprint density at radius 1 is 1.45 bits per heavy atom. The summed E-state index contributed by atoms with van der Waals surface area (Å²) in [6, 6.07) is -0.765. The van der Waals surface area contributed by atoms with Crippen LogP contribution in [0.3, 0.4) is 0 Å². The van der Waals surface area contributed by atoms with Crippen molar-refractivity contribution in [3.63, 3.8) is 0 Å². The number of nitrogens with two attached hydrogens (primary N) is 1. The Bertz CT molecular complexity index is 462. The molecule has 1 amide bonds. The SMILES string of the molecule is CC(CCCN)C(=O)N1CCS(=O)(=O)CC1CC(=O)O. The number of aliphatic carboxylic acids is 1. The van der Waals surface area contributed by atoms with Gasteiger partial charge in [0.05, 0.1) is 24.0 Å². The predicted molar refractivity (Wildman–Crippen MR) is 73.9 cm³/mol. The molecule has 0 spiro atoms. The number of carboxylic acids is 1. The van der Waals surface area contributed by atoms with Crippen LogP contribution in [0.5, 0.6) is 0 Å². The normalized spacial score (nSPS) is 23.3. The van der Waals surface area contributed by atoms with Crippen LogP contribution in [0.2, 0.25) is 0 Å². The zero-order chi connectivity index (χ0) is 15.3. The Balaban J connectivity index is 2.79. The Labute approximate surface area is 119 Å². The van der Waals surface area contributed by atoms with E-state index >= 15 is 0 Å². The number of carboxylic acid groups (broad SMARTS) is 1. The van der Waals surface area contributed by atoms with E-state index in [0.29, 0.717) is 19.4 Å².